The summed E-state index contributed by atoms with van der Waals surface area (Å²) in [5.41, 5.74) is 0.748. The van der Waals surface area contributed by atoms with Crippen LogP contribution >= 0.6 is 0 Å². The third kappa shape index (κ3) is 2.17. The lowest BCUT2D eigenvalue weighted by molar-refractivity contribution is 0.0748. The predicted octanol–water partition coefficient (Wildman–Crippen LogP) is 1.05. The monoisotopic (exact) mass is 231 g/mol. The van der Waals surface area contributed by atoms with E-state index in [-0.39, 0.29) is 5.91 Å². The molecule has 2 aliphatic heterocycles. The molecule has 0 saturated carbocycles. The highest BCUT2D eigenvalue weighted by Gasteiger charge is 2.31. The van der Waals surface area contributed by atoms with Gasteiger partial charge in [-0.2, -0.15) is 0 Å². The molecule has 90 valence electrons. The quantitative estimate of drug-likeness (QED) is 0.785. The molecule has 2 unspecified atom stereocenters. The van der Waals surface area contributed by atoms with Crippen molar-refractivity contribution in [2.24, 2.45) is 0 Å². The van der Waals surface area contributed by atoms with E-state index in [0.717, 1.165) is 25.1 Å². The second-order valence-corrected chi connectivity index (χ2v) is 4.91. The van der Waals surface area contributed by atoms with Crippen LogP contribution < -0.4 is 5.32 Å². The molecule has 2 saturated heterocycles. The first kappa shape index (κ1) is 10.7. The number of pyridine rings is 1. The van der Waals surface area contributed by atoms with E-state index in [2.05, 4.69) is 10.3 Å². The van der Waals surface area contributed by atoms with Crippen LogP contribution in [0.25, 0.3) is 0 Å². The number of amides is 1. The number of rotatable bonds is 1. The topological polar surface area (TPSA) is 45.2 Å². The summed E-state index contributed by atoms with van der Waals surface area (Å²) in [7, 11) is 0. The Morgan fingerprint density at radius 1 is 1.24 bits per heavy atom. The number of nitrogens with one attached hydrogen (secondary N) is 1. The van der Waals surface area contributed by atoms with Gasteiger partial charge in [-0.3, -0.25) is 9.78 Å². The molecule has 1 N–H and O–H groups in total. The molecule has 1 amide bonds. The zero-order chi connectivity index (χ0) is 11.7. The van der Waals surface area contributed by atoms with Gasteiger partial charge < -0.3 is 10.2 Å². The van der Waals surface area contributed by atoms with Crippen molar-refractivity contribution >= 4 is 5.91 Å². The van der Waals surface area contributed by atoms with Crippen molar-refractivity contribution in [2.75, 3.05) is 13.1 Å². The number of aromatic nitrogens is 1. The highest BCUT2D eigenvalue weighted by molar-refractivity contribution is 5.94. The highest BCUT2D eigenvalue weighted by Crippen LogP contribution is 2.21. The van der Waals surface area contributed by atoms with Crippen LogP contribution in [0, 0.1) is 0 Å². The van der Waals surface area contributed by atoms with Crippen LogP contribution in [0.3, 0.4) is 0 Å². The largest absolute Gasteiger partial charge is 0.337 e. The van der Waals surface area contributed by atoms with Gasteiger partial charge in [-0.25, -0.2) is 0 Å². The zero-order valence-electron chi connectivity index (χ0n) is 9.80. The fourth-order valence-corrected chi connectivity index (χ4v) is 2.80. The molecular weight excluding hydrogens is 214 g/mol. The van der Waals surface area contributed by atoms with Crippen LogP contribution in [0.1, 0.15) is 29.6 Å². The summed E-state index contributed by atoms with van der Waals surface area (Å²) >= 11 is 0. The van der Waals surface area contributed by atoms with Gasteiger partial charge in [-0.05, 0) is 31.4 Å². The van der Waals surface area contributed by atoms with Gasteiger partial charge >= 0.3 is 0 Å². The Hall–Kier alpha value is -1.42. The summed E-state index contributed by atoms with van der Waals surface area (Å²) in [6.45, 7) is 1.72. The molecule has 2 bridgehead atoms. The maximum absolute atomic E-state index is 12.3. The van der Waals surface area contributed by atoms with Crippen LogP contribution in [-0.4, -0.2) is 41.0 Å². The number of hydrogen-bond donors (Lipinski definition) is 1. The maximum Gasteiger partial charge on any atom is 0.254 e. The third-order valence-corrected chi connectivity index (χ3v) is 3.74. The van der Waals surface area contributed by atoms with Gasteiger partial charge in [0.05, 0.1) is 0 Å². The van der Waals surface area contributed by atoms with E-state index in [1.165, 1.54) is 12.8 Å². The fraction of sp³-hybridized carbons (Fsp3) is 0.538. The molecule has 2 fully saturated rings. The van der Waals surface area contributed by atoms with Gasteiger partial charge in [0.1, 0.15) is 0 Å². The molecule has 17 heavy (non-hydrogen) atoms. The molecule has 0 aliphatic carbocycles. The molecule has 0 aromatic carbocycles. The van der Waals surface area contributed by atoms with Crippen molar-refractivity contribution in [3.05, 3.63) is 30.1 Å². The molecule has 2 atom stereocenters. The van der Waals surface area contributed by atoms with Gasteiger partial charge in [-0.15, -0.1) is 0 Å². The van der Waals surface area contributed by atoms with Crippen LogP contribution in [-0.2, 0) is 0 Å². The second kappa shape index (κ2) is 4.45. The number of likely N-dealkylation sites (tertiary alicyclic amines) is 1. The van der Waals surface area contributed by atoms with Crippen molar-refractivity contribution in [3.63, 3.8) is 0 Å². The number of carbonyl (C=O) groups excluding carboxylic acids is 1. The second-order valence-electron chi connectivity index (χ2n) is 4.91. The van der Waals surface area contributed by atoms with E-state index in [1.54, 1.807) is 24.5 Å². The minimum absolute atomic E-state index is 0.141. The van der Waals surface area contributed by atoms with Crippen LogP contribution in [0.5, 0.6) is 0 Å². The number of fused-ring (bicyclic) bond motifs is 2. The molecular formula is C13H17N3O. The Bertz CT molecular complexity index is 406. The molecule has 2 aliphatic rings. The molecule has 1 aromatic rings. The number of carbonyl (C=O) groups is 1. The molecule has 0 radical (unpaired) electrons. The van der Waals surface area contributed by atoms with E-state index >= 15 is 0 Å². The SMILES string of the molecule is O=C(c1ccncc1)N1CCC2CCC(C1)N2. The van der Waals surface area contributed by atoms with Crippen molar-refractivity contribution in [1.29, 1.82) is 0 Å². The van der Waals surface area contributed by atoms with Crippen molar-refractivity contribution in [3.8, 4) is 0 Å². The fourth-order valence-electron chi connectivity index (χ4n) is 2.80. The minimum Gasteiger partial charge on any atom is -0.337 e. The van der Waals surface area contributed by atoms with Crippen LogP contribution in [0.4, 0.5) is 0 Å². The minimum atomic E-state index is 0.141. The maximum atomic E-state index is 12.3. The Kier molecular flexibility index (Phi) is 2.81. The summed E-state index contributed by atoms with van der Waals surface area (Å²) in [5.74, 6) is 0.141. The molecule has 1 aromatic heterocycles. The lowest BCUT2D eigenvalue weighted by Gasteiger charge is -2.24. The van der Waals surface area contributed by atoms with Gasteiger partial charge in [0.25, 0.3) is 5.91 Å². The predicted molar refractivity (Wildman–Crippen MR) is 64.7 cm³/mol. The van der Waals surface area contributed by atoms with E-state index in [1.807, 2.05) is 4.90 Å². The zero-order valence-corrected chi connectivity index (χ0v) is 9.80. The average Bonchev–Trinajstić information content (AvgIpc) is 2.69. The first-order valence-corrected chi connectivity index (χ1v) is 6.28. The molecule has 4 nitrogen and oxygen atoms in total. The van der Waals surface area contributed by atoms with Gasteiger partial charge in [0.15, 0.2) is 0 Å². The Balaban J connectivity index is 1.74. The van der Waals surface area contributed by atoms with Gasteiger partial charge in [0.2, 0.25) is 0 Å². The van der Waals surface area contributed by atoms with E-state index in [0.29, 0.717) is 12.1 Å². The van der Waals surface area contributed by atoms with E-state index < -0.39 is 0 Å². The lowest BCUT2D eigenvalue weighted by Crippen LogP contribution is -2.39. The van der Waals surface area contributed by atoms with Crippen LogP contribution in [0.15, 0.2) is 24.5 Å². The third-order valence-electron chi connectivity index (χ3n) is 3.74. The summed E-state index contributed by atoms with van der Waals surface area (Å²) in [4.78, 5) is 18.2. The first-order valence-electron chi connectivity index (χ1n) is 6.28. The van der Waals surface area contributed by atoms with Crippen molar-refractivity contribution < 1.29 is 4.79 Å². The summed E-state index contributed by atoms with van der Waals surface area (Å²) in [6, 6.07) is 4.70. The van der Waals surface area contributed by atoms with Crippen molar-refractivity contribution in [1.82, 2.24) is 15.2 Å². The van der Waals surface area contributed by atoms with Gasteiger partial charge in [-0.1, -0.05) is 0 Å². The lowest BCUT2D eigenvalue weighted by atomic mass is 10.1. The van der Waals surface area contributed by atoms with E-state index in [4.69, 9.17) is 0 Å². The Morgan fingerprint density at radius 2 is 2.00 bits per heavy atom. The standard InChI is InChI=1S/C13H17N3O/c17-13(10-3-6-14-7-4-10)16-8-5-11-1-2-12(9-16)15-11/h3-4,6-7,11-12,15H,1-2,5,8-9H2. The smallest absolute Gasteiger partial charge is 0.254 e. The molecule has 0 spiro atoms. The van der Waals surface area contributed by atoms with Crippen molar-refractivity contribution in [2.45, 2.75) is 31.3 Å². The van der Waals surface area contributed by atoms with E-state index in [9.17, 15) is 4.79 Å². The summed E-state index contributed by atoms with van der Waals surface area (Å²) < 4.78 is 0. The highest BCUT2D eigenvalue weighted by atomic mass is 16.2. The molecule has 3 heterocycles. The molecule has 3 rings (SSSR count). The van der Waals surface area contributed by atoms with Gasteiger partial charge in [0, 0.05) is 43.1 Å². The average molecular weight is 231 g/mol. The Labute approximate surface area is 101 Å². The normalized spacial score (nSPS) is 27.9. The summed E-state index contributed by atoms with van der Waals surface area (Å²) in [6.07, 6.45) is 6.89. The number of nitrogens with zero attached hydrogens (tertiary/aromatic N) is 2. The number of hydrogen-bond acceptors (Lipinski definition) is 3. The Morgan fingerprint density at radius 3 is 2.82 bits per heavy atom. The molecule has 4 heteroatoms. The first-order chi connectivity index (χ1) is 8.33. The van der Waals surface area contributed by atoms with Crippen LogP contribution in [0.2, 0.25) is 0 Å². The summed E-state index contributed by atoms with van der Waals surface area (Å²) in [5, 5.41) is 3.58.